The van der Waals surface area contributed by atoms with Crippen LogP contribution in [0.25, 0.3) is 0 Å². The van der Waals surface area contributed by atoms with E-state index in [-0.39, 0.29) is 24.1 Å². The molecule has 1 unspecified atom stereocenters. The second-order valence-corrected chi connectivity index (χ2v) is 5.85. The number of carbonyl (C=O) groups is 1. The molecule has 0 radical (unpaired) electrons. The Balaban J connectivity index is 1.69. The first-order valence-corrected chi connectivity index (χ1v) is 7.33. The summed E-state index contributed by atoms with van der Waals surface area (Å²) in [6, 6.07) is 8.27. The summed E-state index contributed by atoms with van der Waals surface area (Å²) >= 11 is 1.65. The largest absolute Gasteiger partial charge is 0.505 e. The quantitative estimate of drug-likeness (QED) is 0.944. The smallest absolute Gasteiger partial charge is 0.227 e. The fourth-order valence-corrected chi connectivity index (χ4v) is 3.27. The van der Waals surface area contributed by atoms with E-state index in [1.54, 1.807) is 17.4 Å². The van der Waals surface area contributed by atoms with E-state index in [1.807, 2.05) is 22.4 Å². The van der Waals surface area contributed by atoms with Crippen LogP contribution in [0.5, 0.6) is 5.75 Å². The lowest BCUT2D eigenvalue weighted by Crippen LogP contribution is -2.45. The van der Waals surface area contributed by atoms with E-state index in [0.29, 0.717) is 5.56 Å². The van der Waals surface area contributed by atoms with Crippen molar-refractivity contribution in [1.82, 2.24) is 4.90 Å². The Morgan fingerprint density at radius 2 is 2.30 bits per heavy atom. The van der Waals surface area contributed by atoms with E-state index < -0.39 is 5.82 Å². The van der Waals surface area contributed by atoms with Gasteiger partial charge in [-0.15, -0.1) is 11.3 Å². The van der Waals surface area contributed by atoms with Gasteiger partial charge < -0.3 is 10.0 Å². The van der Waals surface area contributed by atoms with Crippen molar-refractivity contribution >= 4 is 17.2 Å². The Kier molecular flexibility index (Phi) is 3.44. The number of phenolic OH excluding ortho intramolecular Hbond substituents is 1. The van der Waals surface area contributed by atoms with Crippen LogP contribution >= 0.6 is 11.3 Å². The number of thiophene rings is 1. The molecule has 5 heteroatoms. The van der Waals surface area contributed by atoms with Gasteiger partial charge in [0.1, 0.15) is 0 Å². The lowest BCUT2D eigenvalue weighted by Gasteiger charge is -2.40. The number of carbonyl (C=O) groups excluding carboxylic acids is 1. The maximum Gasteiger partial charge on any atom is 0.227 e. The van der Waals surface area contributed by atoms with Crippen molar-refractivity contribution in [3.05, 3.63) is 52.0 Å². The second kappa shape index (κ2) is 5.25. The first kappa shape index (κ1) is 13.1. The highest BCUT2D eigenvalue weighted by atomic mass is 32.1. The number of aromatic hydroxyl groups is 1. The molecule has 1 N–H and O–H groups in total. The summed E-state index contributed by atoms with van der Waals surface area (Å²) < 4.78 is 13.3. The fraction of sp³-hybridized carbons (Fsp3) is 0.267. The lowest BCUT2D eigenvalue weighted by molar-refractivity contribution is -0.138. The van der Waals surface area contributed by atoms with Crippen LogP contribution in [0.15, 0.2) is 35.7 Å². The van der Waals surface area contributed by atoms with Crippen molar-refractivity contribution in [2.24, 2.45) is 0 Å². The van der Waals surface area contributed by atoms with Gasteiger partial charge in [0.2, 0.25) is 5.91 Å². The molecule has 0 bridgehead atoms. The van der Waals surface area contributed by atoms with Gasteiger partial charge in [0, 0.05) is 11.4 Å². The van der Waals surface area contributed by atoms with Gasteiger partial charge in [-0.2, -0.15) is 0 Å². The van der Waals surface area contributed by atoms with Crippen LogP contribution in [0.2, 0.25) is 0 Å². The molecular weight excluding hydrogens is 277 g/mol. The van der Waals surface area contributed by atoms with Crippen molar-refractivity contribution in [2.75, 3.05) is 6.54 Å². The van der Waals surface area contributed by atoms with Crippen molar-refractivity contribution in [2.45, 2.75) is 18.9 Å². The van der Waals surface area contributed by atoms with E-state index in [9.17, 15) is 9.18 Å². The monoisotopic (exact) mass is 291 g/mol. The number of likely N-dealkylation sites (tertiary alicyclic amines) is 1. The third kappa shape index (κ3) is 2.41. The van der Waals surface area contributed by atoms with Crippen molar-refractivity contribution in [3.63, 3.8) is 0 Å². The van der Waals surface area contributed by atoms with Crippen LogP contribution in [0.4, 0.5) is 4.39 Å². The van der Waals surface area contributed by atoms with E-state index >= 15 is 0 Å². The summed E-state index contributed by atoms with van der Waals surface area (Å²) in [6.07, 6.45) is 1.15. The van der Waals surface area contributed by atoms with Crippen LogP contribution in [-0.4, -0.2) is 22.5 Å². The predicted octanol–water partition coefficient (Wildman–Crippen LogP) is 3.11. The van der Waals surface area contributed by atoms with Gasteiger partial charge in [-0.25, -0.2) is 4.39 Å². The van der Waals surface area contributed by atoms with Crippen LogP contribution in [0, 0.1) is 5.82 Å². The zero-order chi connectivity index (χ0) is 14.1. The molecule has 1 fully saturated rings. The van der Waals surface area contributed by atoms with Gasteiger partial charge in [0.05, 0.1) is 12.5 Å². The first-order valence-electron chi connectivity index (χ1n) is 6.45. The minimum absolute atomic E-state index is 0.000241. The molecule has 3 rings (SSSR count). The average Bonchev–Trinajstić information content (AvgIpc) is 2.86. The maximum atomic E-state index is 13.3. The molecule has 1 aromatic carbocycles. The molecule has 1 aliphatic heterocycles. The average molecular weight is 291 g/mol. The summed E-state index contributed by atoms with van der Waals surface area (Å²) in [4.78, 5) is 15.3. The highest BCUT2D eigenvalue weighted by Gasteiger charge is 2.33. The standard InChI is InChI=1S/C15H14FNO2S/c16-11-8-10(3-4-13(11)18)9-15(19)17-6-5-12(17)14-2-1-7-20-14/h1-4,7-8,12,18H,5-6,9H2. The summed E-state index contributed by atoms with van der Waals surface area (Å²) in [5.74, 6) is -1.07. The number of benzene rings is 1. The van der Waals surface area contributed by atoms with Gasteiger partial charge in [-0.1, -0.05) is 12.1 Å². The molecule has 104 valence electrons. The highest BCUT2D eigenvalue weighted by Crippen LogP contribution is 2.36. The molecule has 0 aliphatic carbocycles. The molecule has 1 saturated heterocycles. The Labute approximate surface area is 120 Å². The molecule has 2 heterocycles. The molecule has 0 saturated carbocycles. The number of nitrogens with zero attached hydrogens (tertiary/aromatic N) is 1. The number of hydrogen-bond donors (Lipinski definition) is 1. The lowest BCUT2D eigenvalue weighted by atomic mass is 9.99. The normalized spacial score (nSPS) is 17.9. The minimum Gasteiger partial charge on any atom is -0.505 e. The molecule has 1 amide bonds. The number of amides is 1. The second-order valence-electron chi connectivity index (χ2n) is 4.87. The van der Waals surface area contributed by atoms with Crippen LogP contribution < -0.4 is 0 Å². The van der Waals surface area contributed by atoms with Crippen molar-refractivity contribution < 1.29 is 14.3 Å². The van der Waals surface area contributed by atoms with Gasteiger partial charge in [-0.3, -0.25) is 4.79 Å². The zero-order valence-corrected chi connectivity index (χ0v) is 11.6. The molecule has 0 spiro atoms. The molecule has 1 aromatic heterocycles. The Hall–Kier alpha value is -1.88. The summed E-state index contributed by atoms with van der Waals surface area (Å²) in [5.41, 5.74) is 0.585. The predicted molar refractivity (Wildman–Crippen MR) is 75.2 cm³/mol. The first-order chi connectivity index (χ1) is 9.65. The number of hydrogen-bond acceptors (Lipinski definition) is 3. The summed E-state index contributed by atoms with van der Waals surface area (Å²) in [7, 11) is 0. The Morgan fingerprint density at radius 3 is 2.90 bits per heavy atom. The Bertz CT molecular complexity index is 627. The number of rotatable bonds is 3. The number of phenols is 1. The zero-order valence-electron chi connectivity index (χ0n) is 10.8. The van der Waals surface area contributed by atoms with E-state index in [0.717, 1.165) is 13.0 Å². The molecule has 3 nitrogen and oxygen atoms in total. The van der Waals surface area contributed by atoms with E-state index in [1.165, 1.54) is 17.0 Å². The van der Waals surface area contributed by atoms with Gasteiger partial charge in [0.15, 0.2) is 11.6 Å². The topological polar surface area (TPSA) is 40.5 Å². The molecule has 1 aliphatic rings. The third-order valence-electron chi connectivity index (χ3n) is 3.58. The fourth-order valence-electron chi connectivity index (χ4n) is 2.40. The van der Waals surface area contributed by atoms with Gasteiger partial charge in [-0.05, 0) is 35.6 Å². The SMILES string of the molecule is O=C(Cc1ccc(O)c(F)c1)N1CCC1c1cccs1. The maximum absolute atomic E-state index is 13.3. The van der Waals surface area contributed by atoms with Gasteiger partial charge in [0.25, 0.3) is 0 Å². The van der Waals surface area contributed by atoms with E-state index in [2.05, 4.69) is 0 Å². The summed E-state index contributed by atoms with van der Waals surface area (Å²) in [5, 5.41) is 11.1. The molecule has 2 aromatic rings. The summed E-state index contributed by atoms with van der Waals surface area (Å²) in [6.45, 7) is 0.752. The van der Waals surface area contributed by atoms with Crippen LogP contribution in [0.1, 0.15) is 22.9 Å². The molecule has 1 atom stereocenters. The van der Waals surface area contributed by atoms with Gasteiger partial charge >= 0.3 is 0 Å². The molecule has 20 heavy (non-hydrogen) atoms. The van der Waals surface area contributed by atoms with Crippen LogP contribution in [0.3, 0.4) is 0 Å². The Morgan fingerprint density at radius 1 is 1.45 bits per heavy atom. The molecular formula is C15H14FNO2S. The van der Waals surface area contributed by atoms with Crippen molar-refractivity contribution in [3.8, 4) is 5.75 Å². The minimum atomic E-state index is -0.686. The van der Waals surface area contributed by atoms with Crippen molar-refractivity contribution in [1.29, 1.82) is 0 Å². The third-order valence-corrected chi connectivity index (χ3v) is 4.55. The number of halogens is 1. The van der Waals surface area contributed by atoms with E-state index in [4.69, 9.17) is 5.11 Å². The van der Waals surface area contributed by atoms with Crippen LogP contribution in [-0.2, 0) is 11.2 Å². The highest BCUT2D eigenvalue weighted by molar-refractivity contribution is 7.10.